The molecule has 100 valence electrons. The van der Waals surface area contributed by atoms with E-state index in [1.807, 2.05) is 6.07 Å². The number of nitriles is 1. The molecule has 3 rings (SSSR count). The molecule has 0 saturated carbocycles. The average Bonchev–Trinajstić information content (AvgIpc) is 2.94. The van der Waals surface area contributed by atoms with Crippen LogP contribution in [0, 0.1) is 29.0 Å². The maximum absolute atomic E-state index is 13.4. The minimum Gasteiger partial charge on any atom is -0.316 e. The smallest absolute Gasteiger partial charge is 0.124 e. The van der Waals surface area contributed by atoms with Crippen molar-refractivity contribution in [3.05, 3.63) is 35.1 Å². The Hall–Kier alpha value is -1.44. The molecular formula is C15H18FN3. The summed E-state index contributed by atoms with van der Waals surface area (Å²) < 4.78 is 13.4. The van der Waals surface area contributed by atoms with E-state index in [0.717, 1.165) is 37.7 Å². The molecule has 0 spiro atoms. The minimum absolute atomic E-state index is 0.317. The molecule has 1 N–H and O–H groups in total. The molecule has 2 heterocycles. The van der Waals surface area contributed by atoms with Gasteiger partial charge in [-0.1, -0.05) is 0 Å². The number of benzene rings is 1. The fourth-order valence-corrected chi connectivity index (χ4v) is 3.51. The van der Waals surface area contributed by atoms with Gasteiger partial charge in [-0.05, 0) is 55.6 Å². The van der Waals surface area contributed by atoms with Crippen LogP contribution in [0.4, 0.5) is 4.39 Å². The molecule has 0 aromatic heterocycles. The van der Waals surface area contributed by atoms with Crippen molar-refractivity contribution in [3.8, 4) is 6.07 Å². The lowest BCUT2D eigenvalue weighted by Gasteiger charge is -2.24. The highest BCUT2D eigenvalue weighted by Gasteiger charge is 2.41. The van der Waals surface area contributed by atoms with Crippen LogP contribution in [-0.4, -0.2) is 30.6 Å². The summed E-state index contributed by atoms with van der Waals surface area (Å²) >= 11 is 0. The zero-order valence-corrected chi connectivity index (χ0v) is 11.1. The van der Waals surface area contributed by atoms with Gasteiger partial charge in [-0.25, -0.2) is 4.39 Å². The number of rotatable bonds is 2. The van der Waals surface area contributed by atoms with E-state index < -0.39 is 0 Å². The van der Waals surface area contributed by atoms with E-state index >= 15 is 0 Å². The maximum atomic E-state index is 13.4. The monoisotopic (exact) mass is 259 g/mol. The Kier molecular flexibility index (Phi) is 3.26. The first-order valence-electron chi connectivity index (χ1n) is 6.81. The predicted molar refractivity (Wildman–Crippen MR) is 70.8 cm³/mol. The molecule has 2 saturated heterocycles. The van der Waals surface area contributed by atoms with Crippen molar-refractivity contribution < 1.29 is 4.39 Å². The lowest BCUT2D eigenvalue weighted by molar-refractivity contribution is 0.231. The van der Waals surface area contributed by atoms with Crippen molar-refractivity contribution in [1.29, 1.82) is 5.26 Å². The summed E-state index contributed by atoms with van der Waals surface area (Å²) in [6.07, 6.45) is 0. The molecule has 3 unspecified atom stereocenters. The Labute approximate surface area is 113 Å². The molecule has 2 aliphatic heterocycles. The first-order chi connectivity index (χ1) is 9.17. The SMILES string of the molecule is CC1C2CNCC2CN1Cc1cc(F)cc(C#N)c1. The highest BCUT2D eigenvalue weighted by atomic mass is 19.1. The molecule has 2 fully saturated rings. The largest absolute Gasteiger partial charge is 0.316 e. The van der Waals surface area contributed by atoms with Gasteiger partial charge in [0.25, 0.3) is 0 Å². The molecule has 0 bridgehead atoms. The zero-order chi connectivity index (χ0) is 13.4. The van der Waals surface area contributed by atoms with Gasteiger partial charge >= 0.3 is 0 Å². The van der Waals surface area contributed by atoms with Gasteiger partial charge in [0.1, 0.15) is 5.82 Å². The molecule has 1 aromatic rings. The van der Waals surface area contributed by atoms with E-state index in [4.69, 9.17) is 5.26 Å². The maximum Gasteiger partial charge on any atom is 0.124 e. The van der Waals surface area contributed by atoms with Crippen LogP contribution >= 0.6 is 0 Å². The number of likely N-dealkylation sites (tertiary alicyclic amines) is 1. The number of nitrogens with zero attached hydrogens (tertiary/aromatic N) is 2. The Morgan fingerprint density at radius 2 is 2.26 bits per heavy atom. The Balaban J connectivity index is 1.75. The van der Waals surface area contributed by atoms with Crippen LogP contribution in [0.3, 0.4) is 0 Å². The van der Waals surface area contributed by atoms with Crippen molar-refractivity contribution in [2.45, 2.75) is 19.5 Å². The number of nitrogens with one attached hydrogen (secondary N) is 1. The summed E-state index contributed by atoms with van der Waals surface area (Å²) in [5, 5.41) is 12.3. The Morgan fingerprint density at radius 1 is 1.42 bits per heavy atom. The summed E-state index contributed by atoms with van der Waals surface area (Å²) in [4.78, 5) is 2.41. The van der Waals surface area contributed by atoms with Crippen molar-refractivity contribution >= 4 is 0 Å². The van der Waals surface area contributed by atoms with Crippen LogP contribution < -0.4 is 5.32 Å². The first-order valence-corrected chi connectivity index (χ1v) is 6.81. The third-order valence-electron chi connectivity index (χ3n) is 4.53. The second-order valence-corrected chi connectivity index (χ2v) is 5.71. The van der Waals surface area contributed by atoms with E-state index in [-0.39, 0.29) is 5.82 Å². The van der Waals surface area contributed by atoms with E-state index in [2.05, 4.69) is 17.1 Å². The zero-order valence-electron chi connectivity index (χ0n) is 11.1. The molecular weight excluding hydrogens is 241 g/mol. The van der Waals surface area contributed by atoms with E-state index in [1.54, 1.807) is 12.1 Å². The van der Waals surface area contributed by atoms with Gasteiger partial charge in [-0.15, -0.1) is 0 Å². The summed E-state index contributed by atoms with van der Waals surface area (Å²) in [6.45, 7) is 6.24. The Bertz CT molecular complexity index is 523. The molecule has 4 heteroatoms. The number of fused-ring (bicyclic) bond motifs is 1. The fraction of sp³-hybridized carbons (Fsp3) is 0.533. The highest BCUT2D eigenvalue weighted by Crippen LogP contribution is 2.33. The van der Waals surface area contributed by atoms with Gasteiger partial charge in [-0.2, -0.15) is 5.26 Å². The molecule has 2 aliphatic rings. The van der Waals surface area contributed by atoms with Gasteiger partial charge < -0.3 is 5.32 Å². The standard InChI is InChI=1S/C15H18FN3/c1-10-15-7-18-6-13(15)9-19(10)8-12-2-11(5-17)3-14(16)4-12/h2-4,10,13,15,18H,6-9H2,1H3. The van der Waals surface area contributed by atoms with Crippen LogP contribution in [0.15, 0.2) is 18.2 Å². The van der Waals surface area contributed by atoms with Crippen LogP contribution in [-0.2, 0) is 6.54 Å². The second kappa shape index (κ2) is 4.92. The van der Waals surface area contributed by atoms with E-state index in [1.165, 1.54) is 6.07 Å². The van der Waals surface area contributed by atoms with Gasteiger partial charge in [-0.3, -0.25) is 4.90 Å². The Morgan fingerprint density at radius 3 is 3.00 bits per heavy atom. The average molecular weight is 259 g/mol. The van der Waals surface area contributed by atoms with Crippen molar-refractivity contribution in [2.75, 3.05) is 19.6 Å². The third-order valence-corrected chi connectivity index (χ3v) is 4.53. The van der Waals surface area contributed by atoms with Crippen molar-refractivity contribution in [3.63, 3.8) is 0 Å². The lowest BCUT2D eigenvalue weighted by atomic mass is 9.95. The van der Waals surface area contributed by atoms with Gasteiger partial charge in [0, 0.05) is 19.1 Å². The summed E-state index contributed by atoms with van der Waals surface area (Å²) in [5.41, 5.74) is 1.31. The van der Waals surface area contributed by atoms with Gasteiger partial charge in [0.15, 0.2) is 0 Å². The van der Waals surface area contributed by atoms with Crippen LogP contribution in [0.1, 0.15) is 18.1 Å². The first kappa shape index (κ1) is 12.6. The van der Waals surface area contributed by atoms with Gasteiger partial charge in [0.05, 0.1) is 11.6 Å². The van der Waals surface area contributed by atoms with Crippen molar-refractivity contribution in [1.82, 2.24) is 10.2 Å². The summed E-state index contributed by atoms with van der Waals surface area (Å²) in [7, 11) is 0. The molecule has 1 aromatic carbocycles. The summed E-state index contributed by atoms with van der Waals surface area (Å²) in [5.74, 6) is 1.12. The number of halogens is 1. The number of hydrogen-bond donors (Lipinski definition) is 1. The second-order valence-electron chi connectivity index (χ2n) is 5.71. The normalized spacial score (nSPS) is 30.3. The molecule has 0 radical (unpaired) electrons. The predicted octanol–water partition coefficient (Wildman–Crippen LogP) is 1.74. The highest BCUT2D eigenvalue weighted by molar-refractivity contribution is 5.33. The topological polar surface area (TPSA) is 39.1 Å². The van der Waals surface area contributed by atoms with Crippen LogP contribution in [0.5, 0.6) is 0 Å². The molecule has 0 aliphatic carbocycles. The molecule has 0 amide bonds. The lowest BCUT2D eigenvalue weighted by Crippen LogP contribution is -2.32. The van der Waals surface area contributed by atoms with E-state index in [0.29, 0.717) is 17.5 Å². The summed E-state index contributed by atoms with van der Waals surface area (Å²) in [6, 6.07) is 7.16. The minimum atomic E-state index is -0.317. The van der Waals surface area contributed by atoms with Gasteiger partial charge in [0.2, 0.25) is 0 Å². The van der Waals surface area contributed by atoms with Crippen LogP contribution in [0.25, 0.3) is 0 Å². The van der Waals surface area contributed by atoms with Crippen molar-refractivity contribution in [2.24, 2.45) is 11.8 Å². The third kappa shape index (κ3) is 2.36. The van der Waals surface area contributed by atoms with E-state index in [9.17, 15) is 4.39 Å². The number of hydrogen-bond acceptors (Lipinski definition) is 3. The quantitative estimate of drug-likeness (QED) is 0.879. The molecule has 3 atom stereocenters. The molecule has 3 nitrogen and oxygen atoms in total. The van der Waals surface area contributed by atoms with Crippen LogP contribution in [0.2, 0.25) is 0 Å². The fourth-order valence-electron chi connectivity index (χ4n) is 3.51. The molecule has 19 heavy (non-hydrogen) atoms.